The standard InChI is InChI=1S/C14H9ClF3NO4S/c15-8-1-3-10(14(16,17)18)13(5-8)24(20,21)19-9-2-4-11-12(6-9)23-7-22-11/h1-6,19H,7H2. The van der Waals surface area contributed by atoms with Gasteiger partial charge in [-0.05, 0) is 30.3 Å². The van der Waals surface area contributed by atoms with Gasteiger partial charge in [-0.15, -0.1) is 0 Å². The van der Waals surface area contributed by atoms with Crippen molar-refractivity contribution in [3.63, 3.8) is 0 Å². The van der Waals surface area contributed by atoms with E-state index in [4.69, 9.17) is 21.1 Å². The second kappa shape index (κ2) is 5.75. The van der Waals surface area contributed by atoms with Crippen molar-refractivity contribution in [2.45, 2.75) is 11.1 Å². The predicted octanol–water partition coefficient (Wildman–Crippen LogP) is 3.89. The van der Waals surface area contributed by atoms with Crippen LogP contribution >= 0.6 is 11.6 Å². The zero-order chi connectivity index (χ0) is 17.5. The van der Waals surface area contributed by atoms with Gasteiger partial charge >= 0.3 is 6.18 Å². The minimum Gasteiger partial charge on any atom is -0.454 e. The lowest BCUT2D eigenvalue weighted by Crippen LogP contribution is -2.19. The van der Waals surface area contributed by atoms with E-state index in [0.717, 1.165) is 12.1 Å². The maximum atomic E-state index is 13.1. The van der Waals surface area contributed by atoms with Gasteiger partial charge in [0.05, 0.1) is 11.3 Å². The highest BCUT2D eigenvalue weighted by molar-refractivity contribution is 7.92. The Morgan fingerprint density at radius 2 is 1.75 bits per heavy atom. The molecule has 1 aliphatic heterocycles. The van der Waals surface area contributed by atoms with E-state index in [-0.39, 0.29) is 23.3 Å². The summed E-state index contributed by atoms with van der Waals surface area (Å²) in [7, 11) is -4.52. The molecule has 24 heavy (non-hydrogen) atoms. The van der Waals surface area contributed by atoms with Crippen molar-refractivity contribution in [3.8, 4) is 11.5 Å². The largest absolute Gasteiger partial charge is 0.454 e. The molecule has 0 aliphatic carbocycles. The summed E-state index contributed by atoms with van der Waals surface area (Å²) in [6.45, 7) is -0.0158. The molecule has 3 rings (SSSR count). The number of benzene rings is 2. The van der Waals surface area contributed by atoms with Gasteiger partial charge in [-0.2, -0.15) is 13.2 Å². The summed E-state index contributed by atoms with van der Waals surface area (Å²) in [4.78, 5) is -0.958. The van der Waals surface area contributed by atoms with Crippen molar-refractivity contribution in [2.24, 2.45) is 0 Å². The van der Waals surface area contributed by atoms with E-state index < -0.39 is 26.7 Å². The van der Waals surface area contributed by atoms with Gasteiger partial charge in [-0.3, -0.25) is 4.72 Å². The molecule has 2 aromatic rings. The molecule has 0 saturated carbocycles. The highest BCUT2D eigenvalue weighted by Gasteiger charge is 2.37. The molecule has 0 aromatic heterocycles. The molecule has 1 N–H and O–H groups in total. The zero-order valence-electron chi connectivity index (χ0n) is 11.7. The minimum absolute atomic E-state index is 0.0158. The summed E-state index contributed by atoms with van der Waals surface area (Å²) < 4.78 is 76.2. The van der Waals surface area contributed by atoms with Crippen LogP contribution in [0, 0.1) is 0 Å². The number of hydrogen-bond donors (Lipinski definition) is 1. The molecule has 10 heteroatoms. The van der Waals surface area contributed by atoms with E-state index in [9.17, 15) is 21.6 Å². The Labute approximate surface area is 140 Å². The summed E-state index contributed by atoms with van der Waals surface area (Å²) in [5.74, 6) is 0.703. The Morgan fingerprint density at radius 3 is 2.46 bits per heavy atom. The van der Waals surface area contributed by atoms with Crippen LogP contribution in [-0.4, -0.2) is 15.2 Å². The van der Waals surface area contributed by atoms with Crippen molar-refractivity contribution in [1.82, 2.24) is 0 Å². The Kier molecular flexibility index (Phi) is 4.00. The number of sulfonamides is 1. The smallest absolute Gasteiger partial charge is 0.417 e. The number of hydrogen-bond acceptors (Lipinski definition) is 4. The van der Waals surface area contributed by atoms with Crippen LogP contribution in [0.2, 0.25) is 5.02 Å². The van der Waals surface area contributed by atoms with Crippen LogP contribution in [0.25, 0.3) is 0 Å². The lowest BCUT2D eigenvalue weighted by molar-refractivity contribution is -0.139. The number of fused-ring (bicyclic) bond motifs is 1. The Hall–Kier alpha value is -2.13. The number of alkyl halides is 3. The van der Waals surface area contributed by atoms with Crippen LogP contribution in [0.3, 0.4) is 0 Å². The third-order valence-electron chi connectivity index (χ3n) is 3.16. The quantitative estimate of drug-likeness (QED) is 0.878. The van der Waals surface area contributed by atoms with Crippen LogP contribution in [0.5, 0.6) is 11.5 Å². The molecule has 0 atom stereocenters. The average Bonchev–Trinajstić information content (AvgIpc) is 2.93. The minimum atomic E-state index is -4.84. The molecule has 2 aromatic carbocycles. The molecule has 0 radical (unpaired) electrons. The fourth-order valence-corrected chi connectivity index (χ4v) is 3.66. The van der Waals surface area contributed by atoms with Crippen molar-refractivity contribution in [1.29, 1.82) is 0 Å². The van der Waals surface area contributed by atoms with Crippen LogP contribution < -0.4 is 14.2 Å². The van der Waals surface area contributed by atoms with Gasteiger partial charge in [0.25, 0.3) is 10.0 Å². The maximum Gasteiger partial charge on any atom is 0.417 e. The molecule has 128 valence electrons. The topological polar surface area (TPSA) is 64.6 Å². The maximum absolute atomic E-state index is 13.1. The Bertz CT molecular complexity index is 899. The lowest BCUT2D eigenvalue weighted by Gasteiger charge is -2.15. The van der Waals surface area contributed by atoms with Gasteiger partial charge < -0.3 is 9.47 Å². The molecule has 0 amide bonds. The molecular weight excluding hydrogens is 371 g/mol. The van der Waals surface area contributed by atoms with Crippen molar-refractivity contribution in [2.75, 3.05) is 11.5 Å². The van der Waals surface area contributed by atoms with E-state index in [2.05, 4.69) is 4.72 Å². The number of anilines is 1. The number of nitrogens with one attached hydrogen (secondary N) is 1. The van der Waals surface area contributed by atoms with Crippen molar-refractivity contribution >= 4 is 27.3 Å². The van der Waals surface area contributed by atoms with Gasteiger partial charge in [-0.25, -0.2) is 8.42 Å². The van der Waals surface area contributed by atoms with Gasteiger partial charge in [-0.1, -0.05) is 11.6 Å². The molecule has 0 spiro atoms. The first-order valence-electron chi connectivity index (χ1n) is 6.46. The molecule has 1 aliphatic rings. The van der Waals surface area contributed by atoms with Gasteiger partial charge in [0.2, 0.25) is 6.79 Å². The third kappa shape index (κ3) is 3.22. The first-order valence-corrected chi connectivity index (χ1v) is 8.32. The molecule has 0 unspecified atom stereocenters. The molecule has 5 nitrogen and oxygen atoms in total. The van der Waals surface area contributed by atoms with Crippen LogP contribution in [0.4, 0.5) is 18.9 Å². The first kappa shape index (κ1) is 16.7. The van der Waals surface area contributed by atoms with E-state index in [1.54, 1.807) is 0 Å². The second-order valence-corrected chi connectivity index (χ2v) is 6.90. The van der Waals surface area contributed by atoms with Crippen molar-refractivity contribution in [3.05, 3.63) is 47.0 Å². The predicted molar refractivity (Wildman–Crippen MR) is 79.8 cm³/mol. The molecular formula is C14H9ClF3NO4S. The summed E-state index contributed by atoms with van der Waals surface area (Å²) in [6, 6.07) is 6.46. The Morgan fingerprint density at radius 1 is 1.04 bits per heavy atom. The van der Waals surface area contributed by atoms with E-state index in [0.29, 0.717) is 11.8 Å². The van der Waals surface area contributed by atoms with E-state index in [1.165, 1.54) is 18.2 Å². The highest BCUT2D eigenvalue weighted by Crippen LogP contribution is 2.38. The normalized spacial score (nSPS) is 13.8. The summed E-state index contributed by atoms with van der Waals surface area (Å²) in [6.07, 6.45) is -4.84. The molecule has 0 saturated heterocycles. The fraction of sp³-hybridized carbons (Fsp3) is 0.143. The summed E-state index contributed by atoms with van der Waals surface area (Å²) >= 11 is 5.66. The first-order chi connectivity index (χ1) is 11.2. The SMILES string of the molecule is O=S(=O)(Nc1ccc2c(c1)OCO2)c1cc(Cl)ccc1C(F)(F)F. The monoisotopic (exact) mass is 379 g/mol. The summed E-state index contributed by atoms with van der Waals surface area (Å²) in [5, 5.41) is -0.130. The van der Waals surface area contributed by atoms with E-state index in [1.807, 2.05) is 0 Å². The van der Waals surface area contributed by atoms with Gasteiger partial charge in [0.15, 0.2) is 11.5 Å². The van der Waals surface area contributed by atoms with Gasteiger partial charge in [0.1, 0.15) is 4.90 Å². The molecule has 0 fully saturated rings. The van der Waals surface area contributed by atoms with Gasteiger partial charge in [0, 0.05) is 11.1 Å². The Balaban J connectivity index is 2.01. The average molecular weight is 380 g/mol. The highest BCUT2D eigenvalue weighted by atomic mass is 35.5. The van der Waals surface area contributed by atoms with Crippen LogP contribution in [0.15, 0.2) is 41.3 Å². The number of ether oxygens (including phenoxy) is 2. The number of rotatable bonds is 3. The second-order valence-electron chi connectivity index (χ2n) is 4.81. The van der Waals surface area contributed by atoms with E-state index >= 15 is 0 Å². The van der Waals surface area contributed by atoms with Crippen LogP contribution in [0.1, 0.15) is 5.56 Å². The summed E-state index contributed by atoms with van der Waals surface area (Å²) in [5.41, 5.74) is -1.27. The van der Waals surface area contributed by atoms with Crippen molar-refractivity contribution < 1.29 is 31.1 Å². The fourth-order valence-electron chi connectivity index (χ4n) is 2.12. The number of halogens is 4. The lowest BCUT2D eigenvalue weighted by atomic mass is 10.2. The zero-order valence-corrected chi connectivity index (χ0v) is 13.3. The third-order valence-corrected chi connectivity index (χ3v) is 4.82. The van der Waals surface area contributed by atoms with Crippen LogP contribution in [-0.2, 0) is 16.2 Å². The molecule has 0 bridgehead atoms. The molecule has 1 heterocycles.